The van der Waals surface area contributed by atoms with Gasteiger partial charge in [-0.05, 0) is 37.6 Å². The number of fused-ring (bicyclic) bond motifs is 1. The number of hydrogen-bond acceptors (Lipinski definition) is 2. The lowest BCUT2D eigenvalue weighted by Crippen LogP contribution is -2.01. The molecule has 1 heterocycles. The smallest absolute Gasteiger partial charge is 0.109 e. The van der Waals surface area contributed by atoms with Crippen molar-refractivity contribution in [3.05, 3.63) is 28.5 Å². The number of halogens is 1. The number of benzene rings is 1. The average Bonchev–Trinajstić information content (AvgIpc) is 2.61. The summed E-state index contributed by atoms with van der Waals surface area (Å²) in [5, 5.41) is 0. The van der Waals surface area contributed by atoms with Crippen molar-refractivity contribution in [1.29, 1.82) is 0 Å². The maximum atomic E-state index is 5.49. The molecular formula is C13H18BrN3. The fourth-order valence-electron chi connectivity index (χ4n) is 2.05. The highest BCUT2D eigenvalue weighted by Gasteiger charge is 2.07. The van der Waals surface area contributed by atoms with Crippen molar-refractivity contribution in [2.45, 2.75) is 25.7 Å². The number of nitrogens with zero attached hydrogens (tertiary/aromatic N) is 2. The standard InChI is InChI=1S/C13H18BrN3/c1-17-12-7-6-10(14)9-11(12)16-13(17)5-3-2-4-8-15/h6-7,9H,2-5,8,15H2,1H3. The van der Waals surface area contributed by atoms with Crippen LogP contribution in [0.3, 0.4) is 0 Å². The van der Waals surface area contributed by atoms with E-state index in [1.165, 1.54) is 11.9 Å². The lowest BCUT2D eigenvalue weighted by molar-refractivity contribution is 0.656. The summed E-state index contributed by atoms with van der Waals surface area (Å²) in [6.45, 7) is 0.787. The monoisotopic (exact) mass is 295 g/mol. The zero-order valence-electron chi connectivity index (χ0n) is 10.1. The van der Waals surface area contributed by atoms with Crippen LogP contribution in [0.4, 0.5) is 0 Å². The zero-order chi connectivity index (χ0) is 12.3. The average molecular weight is 296 g/mol. The first kappa shape index (κ1) is 12.6. The van der Waals surface area contributed by atoms with E-state index in [9.17, 15) is 0 Å². The molecule has 1 aromatic heterocycles. The molecule has 2 aromatic rings. The molecule has 0 aliphatic rings. The molecule has 0 saturated carbocycles. The number of rotatable bonds is 5. The van der Waals surface area contributed by atoms with Gasteiger partial charge in [-0.1, -0.05) is 22.4 Å². The summed E-state index contributed by atoms with van der Waals surface area (Å²) in [7, 11) is 2.08. The van der Waals surface area contributed by atoms with Crippen LogP contribution in [0.1, 0.15) is 25.1 Å². The summed E-state index contributed by atoms with van der Waals surface area (Å²) in [6, 6.07) is 6.23. The first-order valence-corrected chi connectivity index (χ1v) is 6.82. The molecule has 4 heteroatoms. The Hall–Kier alpha value is -0.870. The number of aryl methyl sites for hydroxylation is 2. The zero-order valence-corrected chi connectivity index (χ0v) is 11.7. The van der Waals surface area contributed by atoms with Crippen LogP contribution >= 0.6 is 15.9 Å². The van der Waals surface area contributed by atoms with Gasteiger partial charge in [0.05, 0.1) is 11.0 Å². The number of hydrogen-bond donors (Lipinski definition) is 1. The number of aromatic nitrogens is 2. The van der Waals surface area contributed by atoms with Gasteiger partial charge in [0.1, 0.15) is 5.82 Å². The van der Waals surface area contributed by atoms with E-state index in [1.54, 1.807) is 0 Å². The Bertz CT molecular complexity index is 505. The summed E-state index contributed by atoms with van der Waals surface area (Å²) in [4.78, 5) is 4.67. The Labute approximate surface area is 110 Å². The van der Waals surface area contributed by atoms with Crippen LogP contribution in [-0.2, 0) is 13.5 Å². The van der Waals surface area contributed by atoms with Crippen molar-refractivity contribution in [3.8, 4) is 0 Å². The van der Waals surface area contributed by atoms with Gasteiger partial charge in [0.15, 0.2) is 0 Å². The molecule has 2 N–H and O–H groups in total. The first-order valence-electron chi connectivity index (χ1n) is 6.03. The highest BCUT2D eigenvalue weighted by atomic mass is 79.9. The maximum Gasteiger partial charge on any atom is 0.109 e. The molecular weight excluding hydrogens is 278 g/mol. The summed E-state index contributed by atoms with van der Waals surface area (Å²) in [6.07, 6.45) is 4.48. The molecule has 0 amide bonds. The minimum absolute atomic E-state index is 0.787. The van der Waals surface area contributed by atoms with Gasteiger partial charge >= 0.3 is 0 Å². The van der Waals surface area contributed by atoms with Gasteiger partial charge in [-0.25, -0.2) is 4.98 Å². The summed E-state index contributed by atoms with van der Waals surface area (Å²) >= 11 is 3.48. The third kappa shape index (κ3) is 2.87. The van der Waals surface area contributed by atoms with Crippen molar-refractivity contribution in [2.24, 2.45) is 12.8 Å². The van der Waals surface area contributed by atoms with E-state index in [4.69, 9.17) is 5.73 Å². The second-order valence-electron chi connectivity index (χ2n) is 4.32. The van der Waals surface area contributed by atoms with Crippen molar-refractivity contribution in [2.75, 3.05) is 6.54 Å². The van der Waals surface area contributed by atoms with E-state index >= 15 is 0 Å². The third-order valence-electron chi connectivity index (χ3n) is 3.04. The molecule has 0 spiro atoms. The van der Waals surface area contributed by atoms with Crippen LogP contribution in [0.15, 0.2) is 22.7 Å². The molecule has 0 unspecified atom stereocenters. The Morgan fingerprint density at radius 1 is 1.29 bits per heavy atom. The third-order valence-corrected chi connectivity index (χ3v) is 3.53. The Morgan fingerprint density at radius 3 is 2.88 bits per heavy atom. The second-order valence-corrected chi connectivity index (χ2v) is 5.24. The molecule has 0 radical (unpaired) electrons. The van der Waals surface area contributed by atoms with Gasteiger partial charge in [-0.2, -0.15) is 0 Å². The lowest BCUT2D eigenvalue weighted by atomic mass is 10.2. The Balaban J connectivity index is 2.15. The minimum atomic E-state index is 0.787. The van der Waals surface area contributed by atoms with Crippen LogP contribution in [0.5, 0.6) is 0 Å². The molecule has 0 aliphatic carbocycles. The second kappa shape index (κ2) is 5.65. The van der Waals surface area contributed by atoms with Gasteiger partial charge in [-0.15, -0.1) is 0 Å². The normalized spacial score (nSPS) is 11.2. The predicted octanol–water partition coefficient (Wildman–Crippen LogP) is 3.01. The van der Waals surface area contributed by atoms with Crippen LogP contribution in [0.2, 0.25) is 0 Å². The van der Waals surface area contributed by atoms with Crippen molar-refractivity contribution < 1.29 is 0 Å². The molecule has 3 nitrogen and oxygen atoms in total. The van der Waals surface area contributed by atoms with Crippen LogP contribution < -0.4 is 5.73 Å². The van der Waals surface area contributed by atoms with Gasteiger partial charge in [-0.3, -0.25) is 0 Å². The number of unbranched alkanes of at least 4 members (excludes halogenated alkanes) is 2. The highest BCUT2D eigenvalue weighted by molar-refractivity contribution is 9.10. The molecule has 0 fully saturated rings. The molecule has 2 rings (SSSR count). The highest BCUT2D eigenvalue weighted by Crippen LogP contribution is 2.20. The fourth-order valence-corrected chi connectivity index (χ4v) is 2.40. The lowest BCUT2D eigenvalue weighted by Gasteiger charge is -2.01. The topological polar surface area (TPSA) is 43.8 Å². The van der Waals surface area contributed by atoms with E-state index in [0.29, 0.717) is 0 Å². The Kier molecular flexibility index (Phi) is 4.18. The van der Waals surface area contributed by atoms with Crippen molar-refractivity contribution in [1.82, 2.24) is 9.55 Å². The molecule has 0 bridgehead atoms. The van der Waals surface area contributed by atoms with Crippen molar-refractivity contribution >= 4 is 27.0 Å². The molecule has 92 valence electrons. The maximum absolute atomic E-state index is 5.49. The van der Waals surface area contributed by atoms with Crippen LogP contribution in [0.25, 0.3) is 11.0 Å². The number of nitrogens with two attached hydrogens (primary N) is 1. The SMILES string of the molecule is Cn1c(CCCCCN)nc2cc(Br)ccc21. The molecule has 0 saturated heterocycles. The molecule has 0 atom stereocenters. The van der Waals surface area contributed by atoms with Gasteiger partial charge < -0.3 is 10.3 Å². The van der Waals surface area contributed by atoms with E-state index in [-0.39, 0.29) is 0 Å². The quantitative estimate of drug-likeness (QED) is 0.862. The van der Waals surface area contributed by atoms with E-state index < -0.39 is 0 Å². The van der Waals surface area contributed by atoms with Crippen molar-refractivity contribution in [3.63, 3.8) is 0 Å². The molecule has 1 aromatic carbocycles. The van der Waals surface area contributed by atoms with Gasteiger partial charge in [0.25, 0.3) is 0 Å². The minimum Gasteiger partial charge on any atom is -0.331 e. The summed E-state index contributed by atoms with van der Waals surface area (Å²) in [5.41, 5.74) is 7.75. The summed E-state index contributed by atoms with van der Waals surface area (Å²) < 4.78 is 3.27. The van der Waals surface area contributed by atoms with E-state index in [2.05, 4.69) is 50.7 Å². The fraction of sp³-hybridized carbons (Fsp3) is 0.462. The predicted molar refractivity (Wildman–Crippen MR) is 75.0 cm³/mol. The van der Waals surface area contributed by atoms with Crippen LogP contribution in [-0.4, -0.2) is 16.1 Å². The Morgan fingerprint density at radius 2 is 2.12 bits per heavy atom. The summed E-state index contributed by atoms with van der Waals surface area (Å²) in [5.74, 6) is 1.16. The molecule has 17 heavy (non-hydrogen) atoms. The van der Waals surface area contributed by atoms with E-state index in [0.717, 1.165) is 41.6 Å². The number of imidazole rings is 1. The van der Waals surface area contributed by atoms with E-state index in [1.807, 2.05) is 0 Å². The van der Waals surface area contributed by atoms with Crippen LogP contribution in [0, 0.1) is 0 Å². The molecule has 0 aliphatic heterocycles. The largest absolute Gasteiger partial charge is 0.331 e. The first-order chi connectivity index (χ1) is 8.22. The van der Waals surface area contributed by atoms with Gasteiger partial charge in [0, 0.05) is 17.9 Å². The van der Waals surface area contributed by atoms with Gasteiger partial charge in [0.2, 0.25) is 0 Å².